The SMILES string of the molecule is O=C(CI)c1cc(Cl)cc([N+](=O)[O-])c1O. The summed E-state index contributed by atoms with van der Waals surface area (Å²) in [6.07, 6.45) is 0. The molecule has 5 nitrogen and oxygen atoms in total. The Morgan fingerprint density at radius 1 is 1.60 bits per heavy atom. The van der Waals surface area contributed by atoms with Crippen LogP contribution in [0, 0.1) is 10.1 Å². The van der Waals surface area contributed by atoms with Gasteiger partial charge in [-0.1, -0.05) is 34.2 Å². The number of nitro benzene ring substituents is 1. The third-order valence-corrected chi connectivity index (χ3v) is 2.58. The van der Waals surface area contributed by atoms with E-state index in [1.807, 2.05) is 0 Å². The first kappa shape index (κ1) is 12.2. The van der Waals surface area contributed by atoms with E-state index in [9.17, 15) is 20.0 Å². The van der Waals surface area contributed by atoms with Gasteiger partial charge in [0.05, 0.1) is 14.9 Å². The zero-order valence-electron chi connectivity index (χ0n) is 7.24. The lowest BCUT2D eigenvalue weighted by atomic mass is 10.1. The van der Waals surface area contributed by atoms with Gasteiger partial charge in [0.2, 0.25) is 5.75 Å². The maximum Gasteiger partial charge on any atom is 0.312 e. The van der Waals surface area contributed by atoms with Crippen LogP contribution in [-0.4, -0.2) is 20.2 Å². The number of nitro groups is 1. The molecular weight excluding hydrogens is 336 g/mol. The summed E-state index contributed by atoms with van der Waals surface area (Å²) < 4.78 is 0.114. The highest BCUT2D eigenvalue weighted by Crippen LogP contribution is 2.33. The molecule has 0 heterocycles. The lowest BCUT2D eigenvalue weighted by Gasteiger charge is -2.03. The molecule has 0 saturated heterocycles. The number of carbonyl (C=O) groups excluding carboxylic acids is 1. The molecule has 15 heavy (non-hydrogen) atoms. The molecule has 1 rings (SSSR count). The van der Waals surface area contributed by atoms with Crippen LogP contribution < -0.4 is 0 Å². The molecule has 0 radical (unpaired) electrons. The number of rotatable bonds is 3. The number of hydrogen-bond donors (Lipinski definition) is 1. The fourth-order valence-electron chi connectivity index (χ4n) is 1.01. The summed E-state index contributed by atoms with van der Waals surface area (Å²) in [5.74, 6) is -1.04. The number of Topliss-reactive ketones (excluding diaryl/α,β-unsaturated/α-hetero) is 1. The van der Waals surface area contributed by atoms with Gasteiger partial charge in [-0.25, -0.2) is 0 Å². The number of hydrogen-bond acceptors (Lipinski definition) is 4. The number of phenolic OH excluding ortho intramolecular Hbond substituents is 1. The summed E-state index contributed by atoms with van der Waals surface area (Å²) in [6.45, 7) is 0. The van der Waals surface area contributed by atoms with Crippen molar-refractivity contribution >= 4 is 45.7 Å². The second-order valence-electron chi connectivity index (χ2n) is 2.63. The molecule has 0 aliphatic rings. The van der Waals surface area contributed by atoms with Crippen molar-refractivity contribution in [1.82, 2.24) is 0 Å². The Morgan fingerprint density at radius 3 is 2.67 bits per heavy atom. The molecule has 0 aliphatic heterocycles. The highest BCUT2D eigenvalue weighted by molar-refractivity contribution is 14.1. The van der Waals surface area contributed by atoms with Gasteiger partial charge in [0.25, 0.3) is 0 Å². The van der Waals surface area contributed by atoms with E-state index in [-0.39, 0.29) is 15.0 Å². The van der Waals surface area contributed by atoms with Crippen LogP contribution in [0.2, 0.25) is 5.02 Å². The molecule has 0 saturated carbocycles. The predicted molar refractivity (Wildman–Crippen MR) is 63.0 cm³/mol. The molecule has 1 aromatic rings. The molecule has 7 heteroatoms. The van der Waals surface area contributed by atoms with Crippen LogP contribution in [0.5, 0.6) is 5.75 Å². The fraction of sp³-hybridized carbons (Fsp3) is 0.125. The minimum absolute atomic E-state index is 0.0488. The third-order valence-electron chi connectivity index (χ3n) is 1.67. The van der Waals surface area contributed by atoms with E-state index >= 15 is 0 Å². The molecule has 0 unspecified atom stereocenters. The van der Waals surface area contributed by atoms with Crippen LogP contribution in [0.25, 0.3) is 0 Å². The van der Waals surface area contributed by atoms with Crippen LogP contribution in [0.1, 0.15) is 10.4 Å². The summed E-state index contributed by atoms with van der Waals surface area (Å²) in [6, 6.07) is 2.21. The van der Waals surface area contributed by atoms with Crippen LogP contribution in [0.3, 0.4) is 0 Å². The Balaban J connectivity index is 3.41. The lowest BCUT2D eigenvalue weighted by Crippen LogP contribution is -2.02. The average Bonchev–Trinajstić information content (AvgIpc) is 2.19. The Hall–Kier alpha value is -0.890. The molecule has 0 spiro atoms. The van der Waals surface area contributed by atoms with Gasteiger partial charge in [0.15, 0.2) is 5.78 Å². The van der Waals surface area contributed by atoms with Gasteiger partial charge in [0, 0.05) is 11.1 Å². The monoisotopic (exact) mass is 341 g/mol. The molecule has 0 bridgehead atoms. The van der Waals surface area contributed by atoms with E-state index in [0.29, 0.717) is 0 Å². The summed E-state index contributed by atoms with van der Waals surface area (Å²) in [5.41, 5.74) is -0.681. The normalized spacial score (nSPS) is 10.0. The van der Waals surface area contributed by atoms with Gasteiger partial charge in [0.1, 0.15) is 0 Å². The molecule has 0 amide bonds. The van der Waals surface area contributed by atoms with E-state index in [2.05, 4.69) is 0 Å². The molecule has 0 fully saturated rings. The number of carbonyl (C=O) groups is 1. The van der Waals surface area contributed by atoms with Crippen molar-refractivity contribution in [3.05, 3.63) is 32.8 Å². The number of halogens is 2. The van der Waals surface area contributed by atoms with E-state index in [0.717, 1.165) is 6.07 Å². The summed E-state index contributed by atoms with van der Waals surface area (Å²) in [4.78, 5) is 21.0. The minimum atomic E-state index is -0.787. The largest absolute Gasteiger partial charge is 0.502 e. The van der Waals surface area contributed by atoms with Crippen molar-refractivity contribution in [2.24, 2.45) is 0 Å². The second kappa shape index (κ2) is 4.75. The highest BCUT2D eigenvalue weighted by atomic mass is 127. The number of aromatic hydroxyl groups is 1. The van der Waals surface area contributed by atoms with Crippen molar-refractivity contribution in [1.29, 1.82) is 0 Å². The second-order valence-corrected chi connectivity index (χ2v) is 3.83. The quantitative estimate of drug-likeness (QED) is 0.301. The first-order valence-corrected chi connectivity index (χ1v) is 5.63. The molecule has 0 atom stereocenters. The number of nitrogens with zero attached hydrogens (tertiary/aromatic N) is 1. The van der Waals surface area contributed by atoms with E-state index in [4.69, 9.17) is 11.6 Å². The van der Waals surface area contributed by atoms with Gasteiger partial charge in [-0.2, -0.15) is 0 Å². The Kier molecular flexibility index (Phi) is 3.86. The van der Waals surface area contributed by atoms with E-state index in [1.165, 1.54) is 6.07 Å². The Bertz CT molecular complexity index is 435. The maximum absolute atomic E-state index is 11.3. The lowest BCUT2D eigenvalue weighted by molar-refractivity contribution is -0.385. The van der Waals surface area contributed by atoms with Gasteiger partial charge in [-0.15, -0.1) is 0 Å². The van der Waals surface area contributed by atoms with Crippen molar-refractivity contribution in [3.8, 4) is 5.75 Å². The van der Waals surface area contributed by atoms with Crippen LogP contribution in [0.15, 0.2) is 12.1 Å². The molecule has 80 valence electrons. The minimum Gasteiger partial charge on any atom is -0.502 e. The summed E-state index contributed by atoms with van der Waals surface area (Å²) in [7, 11) is 0. The van der Waals surface area contributed by atoms with Gasteiger partial charge >= 0.3 is 5.69 Å². The molecule has 1 N–H and O–H groups in total. The van der Waals surface area contributed by atoms with Crippen molar-refractivity contribution in [2.45, 2.75) is 0 Å². The molecule has 1 aromatic carbocycles. The topological polar surface area (TPSA) is 80.4 Å². The maximum atomic E-state index is 11.3. The van der Waals surface area contributed by atoms with Gasteiger partial charge in [-0.3, -0.25) is 14.9 Å². The predicted octanol–water partition coefficient (Wildman–Crippen LogP) is 2.57. The zero-order chi connectivity index (χ0) is 11.6. The summed E-state index contributed by atoms with van der Waals surface area (Å²) in [5, 5.41) is 20.0. The first-order valence-electron chi connectivity index (χ1n) is 3.73. The molecular formula is C8H5ClINO4. The average molecular weight is 341 g/mol. The van der Waals surface area contributed by atoms with Crippen molar-refractivity contribution in [2.75, 3.05) is 4.43 Å². The van der Waals surface area contributed by atoms with Crippen LogP contribution in [-0.2, 0) is 0 Å². The van der Waals surface area contributed by atoms with Gasteiger partial charge < -0.3 is 5.11 Å². The number of benzene rings is 1. The van der Waals surface area contributed by atoms with Crippen molar-refractivity contribution < 1.29 is 14.8 Å². The van der Waals surface area contributed by atoms with E-state index in [1.54, 1.807) is 22.6 Å². The number of phenols is 1. The third kappa shape index (κ3) is 2.57. The zero-order valence-corrected chi connectivity index (χ0v) is 10.2. The van der Waals surface area contributed by atoms with Crippen molar-refractivity contribution in [3.63, 3.8) is 0 Å². The van der Waals surface area contributed by atoms with E-state index < -0.39 is 22.1 Å². The fourth-order valence-corrected chi connectivity index (χ4v) is 1.63. The van der Waals surface area contributed by atoms with Gasteiger partial charge in [-0.05, 0) is 6.07 Å². The summed E-state index contributed by atoms with van der Waals surface area (Å²) >= 11 is 7.40. The molecule has 0 aliphatic carbocycles. The molecule has 0 aromatic heterocycles. The Morgan fingerprint density at radius 2 is 2.20 bits per heavy atom. The first-order chi connectivity index (χ1) is 6.97. The van der Waals surface area contributed by atoms with Crippen LogP contribution >= 0.6 is 34.2 Å². The smallest absolute Gasteiger partial charge is 0.312 e. The number of ketones is 1. The standard InChI is InChI=1S/C8H5ClINO4/c9-4-1-5(7(12)3-10)8(13)6(2-4)11(14)15/h1-2,13H,3H2. The Labute approximate surface area is 103 Å². The highest BCUT2D eigenvalue weighted by Gasteiger charge is 2.21. The van der Waals surface area contributed by atoms with Crippen LogP contribution in [0.4, 0.5) is 5.69 Å². The number of alkyl halides is 1.